The van der Waals surface area contributed by atoms with Crippen LogP contribution in [0.1, 0.15) is 43.4 Å². The van der Waals surface area contributed by atoms with E-state index in [1.165, 1.54) is 0 Å². The van der Waals surface area contributed by atoms with Crippen molar-refractivity contribution in [2.45, 2.75) is 53.1 Å². The lowest BCUT2D eigenvalue weighted by molar-refractivity contribution is -0.143. The number of amides is 2. The van der Waals surface area contributed by atoms with Crippen molar-refractivity contribution >= 4 is 39.3 Å². The summed E-state index contributed by atoms with van der Waals surface area (Å²) in [7, 11) is 0. The van der Waals surface area contributed by atoms with E-state index in [1.807, 2.05) is 52.0 Å². The maximum absolute atomic E-state index is 13.2. The van der Waals surface area contributed by atoms with Crippen molar-refractivity contribution < 1.29 is 14.3 Å². The van der Waals surface area contributed by atoms with Crippen molar-refractivity contribution in [3.63, 3.8) is 0 Å². The molecule has 168 valence electrons. The number of hydrogen-bond acceptors (Lipinski definition) is 3. The molecule has 0 saturated heterocycles. The van der Waals surface area contributed by atoms with Crippen LogP contribution < -0.4 is 10.1 Å². The smallest absolute Gasteiger partial charge is 0.261 e. The number of ether oxygens (including phenoxy) is 1. The van der Waals surface area contributed by atoms with Crippen molar-refractivity contribution in [3.8, 4) is 5.75 Å². The molecule has 31 heavy (non-hydrogen) atoms. The Balaban J connectivity index is 2.21. The van der Waals surface area contributed by atoms with Gasteiger partial charge in [-0.25, -0.2) is 0 Å². The first-order chi connectivity index (χ1) is 14.8. The van der Waals surface area contributed by atoms with Gasteiger partial charge in [0, 0.05) is 22.6 Å². The first-order valence-electron chi connectivity index (χ1n) is 10.5. The molecule has 0 aromatic heterocycles. The summed E-state index contributed by atoms with van der Waals surface area (Å²) < 4.78 is 6.84. The molecule has 0 aliphatic heterocycles. The monoisotopic (exact) mass is 508 g/mol. The van der Waals surface area contributed by atoms with Crippen LogP contribution in [0.15, 0.2) is 40.9 Å². The fourth-order valence-electron chi connectivity index (χ4n) is 3.29. The third-order valence-electron chi connectivity index (χ3n) is 4.97. The Labute approximate surface area is 198 Å². The van der Waals surface area contributed by atoms with Crippen LogP contribution in [0.4, 0.5) is 0 Å². The third-order valence-corrected chi connectivity index (χ3v) is 6.48. The second-order valence-corrected chi connectivity index (χ2v) is 8.75. The van der Waals surface area contributed by atoms with Gasteiger partial charge in [0.2, 0.25) is 5.91 Å². The Morgan fingerprint density at radius 1 is 1.13 bits per heavy atom. The Bertz CT molecular complexity index is 879. The average Bonchev–Trinajstić information content (AvgIpc) is 2.75. The fraction of sp³-hybridized carbons (Fsp3) is 0.417. The van der Waals surface area contributed by atoms with E-state index in [1.54, 1.807) is 17.0 Å². The van der Waals surface area contributed by atoms with Gasteiger partial charge in [0.1, 0.15) is 11.8 Å². The number of rotatable bonds is 10. The number of carbonyl (C=O) groups excluding carboxylic acids is 2. The molecule has 0 heterocycles. The molecule has 1 atom stereocenters. The normalized spacial score (nSPS) is 11.7. The van der Waals surface area contributed by atoms with Crippen molar-refractivity contribution in [2.75, 3.05) is 13.2 Å². The molecule has 0 saturated carbocycles. The fourth-order valence-corrected chi connectivity index (χ4v) is 3.64. The Hall–Kier alpha value is -2.05. The lowest BCUT2D eigenvalue weighted by Gasteiger charge is -2.30. The number of halogens is 2. The van der Waals surface area contributed by atoms with Gasteiger partial charge in [-0.2, -0.15) is 0 Å². The van der Waals surface area contributed by atoms with Crippen LogP contribution >= 0.6 is 27.5 Å². The molecule has 7 heteroatoms. The number of hydrogen-bond donors (Lipinski definition) is 1. The lowest BCUT2D eigenvalue weighted by atomic mass is 10.1. The highest BCUT2D eigenvalue weighted by atomic mass is 79.9. The highest BCUT2D eigenvalue weighted by molar-refractivity contribution is 9.10. The van der Waals surface area contributed by atoms with Gasteiger partial charge in [-0.15, -0.1) is 0 Å². The minimum atomic E-state index is -0.577. The number of nitrogens with zero attached hydrogens (tertiary/aromatic N) is 1. The van der Waals surface area contributed by atoms with Crippen LogP contribution in [0.2, 0.25) is 5.02 Å². The highest BCUT2D eigenvalue weighted by Crippen LogP contribution is 2.26. The number of benzene rings is 2. The standard InChI is InChI=1S/C24H30BrClN2O3/c1-5-11-27-24(30)21(6-2)28(14-18-7-9-19(26)10-8-18)22(29)15-31-20-12-16(3)23(25)17(4)13-20/h7-10,12-13,21H,5-6,11,14-15H2,1-4H3,(H,27,30)/t21-/m0/s1. The first kappa shape index (κ1) is 25.2. The van der Waals surface area contributed by atoms with Gasteiger partial charge in [-0.05, 0) is 67.6 Å². The predicted molar refractivity (Wildman–Crippen MR) is 128 cm³/mol. The maximum atomic E-state index is 13.2. The minimum absolute atomic E-state index is 0.147. The van der Waals surface area contributed by atoms with Gasteiger partial charge in [0.05, 0.1) is 0 Å². The van der Waals surface area contributed by atoms with Crippen LogP contribution in [0.25, 0.3) is 0 Å². The highest BCUT2D eigenvalue weighted by Gasteiger charge is 2.28. The minimum Gasteiger partial charge on any atom is -0.484 e. The average molecular weight is 510 g/mol. The Morgan fingerprint density at radius 2 is 1.74 bits per heavy atom. The van der Waals surface area contributed by atoms with E-state index >= 15 is 0 Å². The molecule has 0 unspecified atom stereocenters. The molecule has 2 aromatic rings. The topological polar surface area (TPSA) is 58.6 Å². The van der Waals surface area contributed by atoms with Gasteiger partial charge < -0.3 is 15.0 Å². The predicted octanol–water partition coefficient (Wildman–Crippen LogP) is 5.43. The summed E-state index contributed by atoms with van der Waals surface area (Å²) in [6.45, 7) is 8.58. The Morgan fingerprint density at radius 3 is 2.29 bits per heavy atom. The molecule has 0 radical (unpaired) electrons. The molecule has 2 rings (SSSR count). The zero-order valence-corrected chi connectivity index (χ0v) is 20.8. The number of nitrogens with one attached hydrogen (secondary N) is 1. The molecule has 0 spiro atoms. The van der Waals surface area contributed by atoms with E-state index in [-0.39, 0.29) is 18.4 Å². The van der Waals surface area contributed by atoms with E-state index in [9.17, 15) is 9.59 Å². The molecule has 0 aliphatic carbocycles. The largest absolute Gasteiger partial charge is 0.484 e. The molecule has 2 amide bonds. The lowest BCUT2D eigenvalue weighted by Crippen LogP contribution is -2.50. The second-order valence-electron chi connectivity index (χ2n) is 7.52. The molecule has 0 bridgehead atoms. The summed E-state index contributed by atoms with van der Waals surface area (Å²) in [5, 5.41) is 3.53. The zero-order valence-electron chi connectivity index (χ0n) is 18.5. The quantitative estimate of drug-likeness (QED) is 0.464. The molecule has 5 nitrogen and oxygen atoms in total. The van der Waals surface area contributed by atoms with Crippen LogP contribution in [0.5, 0.6) is 5.75 Å². The van der Waals surface area contributed by atoms with Crippen molar-refractivity contribution in [1.82, 2.24) is 10.2 Å². The Kier molecular flexibility index (Phi) is 9.85. The summed E-state index contributed by atoms with van der Waals surface area (Å²) in [4.78, 5) is 27.5. The van der Waals surface area contributed by atoms with Crippen LogP contribution in [-0.4, -0.2) is 35.9 Å². The van der Waals surface area contributed by atoms with Gasteiger partial charge in [-0.3, -0.25) is 9.59 Å². The molecule has 2 aromatic carbocycles. The second kappa shape index (κ2) is 12.1. The van der Waals surface area contributed by atoms with E-state index in [2.05, 4.69) is 21.2 Å². The van der Waals surface area contributed by atoms with Crippen LogP contribution in [0, 0.1) is 13.8 Å². The number of aryl methyl sites for hydroxylation is 2. The summed E-state index contributed by atoms with van der Waals surface area (Å²) in [5.74, 6) is 0.232. The van der Waals surface area contributed by atoms with Gasteiger partial charge >= 0.3 is 0 Å². The van der Waals surface area contributed by atoms with Crippen molar-refractivity contribution in [2.24, 2.45) is 0 Å². The first-order valence-corrected chi connectivity index (χ1v) is 11.6. The van der Waals surface area contributed by atoms with Gasteiger partial charge in [0.15, 0.2) is 6.61 Å². The van der Waals surface area contributed by atoms with E-state index in [4.69, 9.17) is 16.3 Å². The van der Waals surface area contributed by atoms with Crippen molar-refractivity contribution in [1.29, 1.82) is 0 Å². The molecule has 0 aliphatic rings. The third kappa shape index (κ3) is 7.25. The molecular formula is C24H30BrClN2O3. The van der Waals surface area contributed by atoms with Crippen molar-refractivity contribution in [3.05, 3.63) is 62.6 Å². The summed E-state index contributed by atoms with van der Waals surface area (Å²) in [5.41, 5.74) is 2.96. The maximum Gasteiger partial charge on any atom is 0.261 e. The summed E-state index contributed by atoms with van der Waals surface area (Å²) >= 11 is 9.53. The van der Waals surface area contributed by atoms with E-state index in [0.717, 1.165) is 27.6 Å². The summed E-state index contributed by atoms with van der Waals surface area (Å²) in [6.07, 6.45) is 1.34. The van der Waals surface area contributed by atoms with Crippen LogP contribution in [0.3, 0.4) is 0 Å². The summed E-state index contributed by atoms with van der Waals surface area (Å²) in [6, 6.07) is 10.5. The molecule has 0 fully saturated rings. The molecular weight excluding hydrogens is 480 g/mol. The van der Waals surface area contributed by atoms with Gasteiger partial charge in [-0.1, -0.05) is 53.5 Å². The molecule has 1 N–H and O–H groups in total. The zero-order chi connectivity index (χ0) is 23.0. The number of carbonyl (C=O) groups is 2. The van der Waals surface area contributed by atoms with Gasteiger partial charge in [0.25, 0.3) is 5.91 Å². The van der Waals surface area contributed by atoms with E-state index < -0.39 is 6.04 Å². The SMILES string of the molecule is CCCNC(=O)[C@H](CC)N(Cc1ccc(Cl)cc1)C(=O)COc1cc(C)c(Br)c(C)c1. The van der Waals surface area contributed by atoms with E-state index in [0.29, 0.717) is 30.3 Å². The van der Waals surface area contributed by atoms with Crippen LogP contribution in [-0.2, 0) is 16.1 Å².